The number of halogens is 3. The minimum atomic E-state index is -4.00. The van der Waals surface area contributed by atoms with Crippen molar-refractivity contribution in [1.82, 2.24) is 0 Å². The number of unbranched alkanes of at least 4 members (excludes halogenated alkanes) is 1. The summed E-state index contributed by atoms with van der Waals surface area (Å²) < 4.78 is 36.3. The number of allylic oxidation sites excluding steroid dienone is 1. The summed E-state index contributed by atoms with van der Waals surface area (Å²) in [5.74, 6) is -0.0000467. The average Bonchev–Trinajstić information content (AvgIpc) is 2.58. The third kappa shape index (κ3) is 8.15. The van der Waals surface area contributed by atoms with Crippen molar-refractivity contribution in [2.45, 2.75) is 46.7 Å². The van der Waals surface area contributed by atoms with Gasteiger partial charge in [-0.3, -0.25) is 0 Å². The van der Waals surface area contributed by atoms with Crippen molar-refractivity contribution >= 4 is 22.3 Å². The fourth-order valence-electron chi connectivity index (χ4n) is 2.25. The molecule has 0 radical (unpaired) electrons. The number of hydrogen-bond donors (Lipinski definition) is 1. The maximum atomic E-state index is 12.0. The van der Waals surface area contributed by atoms with Gasteiger partial charge in [-0.1, -0.05) is 31.5 Å². The van der Waals surface area contributed by atoms with Crippen LogP contribution < -0.4 is 0 Å². The normalized spacial score (nSPS) is 12.1. The monoisotopic (exact) mass is 382 g/mol. The molecule has 0 fully saturated rings. The molecule has 0 atom stereocenters. The fourth-order valence-corrected chi connectivity index (χ4v) is 2.25. The molecule has 0 aliphatic heterocycles. The van der Waals surface area contributed by atoms with Crippen LogP contribution in [0.3, 0.4) is 0 Å². The van der Waals surface area contributed by atoms with Gasteiger partial charge >= 0.3 is 12.1 Å². The highest BCUT2D eigenvalue weighted by atomic mass is 19.4. The van der Waals surface area contributed by atoms with Crippen molar-refractivity contribution < 1.29 is 27.8 Å². The zero-order valence-corrected chi connectivity index (χ0v) is 16.0. The van der Waals surface area contributed by atoms with Gasteiger partial charge in [-0.2, -0.15) is 13.2 Å². The second kappa shape index (κ2) is 10.00. The minimum absolute atomic E-state index is 0.188. The Morgan fingerprint density at radius 1 is 1.07 bits per heavy atom. The molecule has 27 heavy (non-hydrogen) atoms. The number of hydrogen-bond acceptors (Lipinski definition) is 3. The van der Waals surface area contributed by atoms with Crippen molar-refractivity contribution in [2.24, 2.45) is 0 Å². The van der Waals surface area contributed by atoms with Crippen molar-refractivity contribution in [3.8, 4) is 5.75 Å². The Balaban J connectivity index is 0.000000646. The topological polar surface area (TPSA) is 46.5 Å². The Morgan fingerprint density at radius 3 is 2.22 bits per heavy atom. The first-order valence-electron chi connectivity index (χ1n) is 8.67. The summed E-state index contributed by atoms with van der Waals surface area (Å²) in [6, 6.07) is 11.2. The van der Waals surface area contributed by atoms with Crippen LogP contribution in [0.2, 0.25) is 0 Å². The number of ether oxygens (including phenoxy) is 1. The van der Waals surface area contributed by atoms with Crippen LogP contribution in [0.15, 0.2) is 42.0 Å². The van der Waals surface area contributed by atoms with E-state index >= 15 is 0 Å². The molecule has 0 amide bonds. The summed E-state index contributed by atoms with van der Waals surface area (Å²) in [5, 5.41) is 11.5. The second-order valence-electron chi connectivity index (χ2n) is 6.27. The number of rotatable bonds is 5. The lowest BCUT2D eigenvalue weighted by atomic mass is 9.99. The van der Waals surface area contributed by atoms with Crippen LogP contribution in [0, 0.1) is 0 Å². The molecule has 0 heterocycles. The van der Waals surface area contributed by atoms with Gasteiger partial charge in [0.05, 0.1) is 6.61 Å². The Kier molecular flexibility index (Phi) is 8.34. The first-order valence-corrected chi connectivity index (χ1v) is 8.67. The predicted octanol–water partition coefficient (Wildman–Crippen LogP) is 6.25. The van der Waals surface area contributed by atoms with Crippen LogP contribution in [-0.2, 0) is 9.53 Å². The summed E-state index contributed by atoms with van der Waals surface area (Å²) in [7, 11) is 0. The molecule has 0 bridgehead atoms. The Labute approximate surface area is 157 Å². The zero-order valence-electron chi connectivity index (χ0n) is 16.0. The largest absolute Gasteiger partial charge is 0.508 e. The lowest BCUT2D eigenvalue weighted by Crippen LogP contribution is -2.08. The first-order chi connectivity index (χ1) is 12.5. The molecule has 148 valence electrons. The quantitative estimate of drug-likeness (QED) is 0.378. The van der Waals surface area contributed by atoms with Gasteiger partial charge in [0.2, 0.25) is 0 Å². The van der Waals surface area contributed by atoms with Crippen LogP contribution in [0.5, 0.6) is 5.75 Å². The van der Waals surface area contributed by atoms with Gasteiger partial charge in [-0.05, 0) is 60.4 Å². The Morgan fingerprint density at radius 2 is 1.63 bits per heavy atom. The van der Waals surface area contributed by atoms with Crippen LogP contribution in [-0.4, -0.2) is 23.9 Å². The van der Waals surface area contributed by atoms with Gasteiger partial charge in [-0.25, -0.2) is 4.79 Å². The maximum Gasteiger partial charge on any atom is 0.386 e. The summed E-state index contributed by atoms with van der Waals surface area (Å²) in [6.45, 7) is 6.45. The lowest BCUT2D eigenvalue weighted by Gasteiger charge is -2.10. The van der Waals surface area contributed by atoms with Gasteiger partial charge < -0.3 is 9.84 Å². The van der Waals surface area contributed by atoms with E-state index in [-0.39, 0.29) is 18.6 Å². The number of carbonyl (C=O) groups excluding carboxylic acids is 1. The Hall–Kier alpha value is -2.50. The number of aromatic hydroxyl groups is 1. The van der Waals surface area contributed by atoms with E-state index in [1.54, 1.807) is 19.1 Å². The van der Waals surface area contributed by atoms with Gasteiger partial charge in [0.15, 0.2) is 0 Å². The molecule has 0 unspecified atom stereocenters. The van der Waals surface area contributed by atoms with E-state index in [0.717, 1.165) is 34.8 Å². The van der Waals surface area contributed by atoms with E-state index in [0.29, 0.717) is 12.2 Å². The second-order valence-corrected chi connectivity index (χ2v) is 6.27. The molecule has 3 nitrogen and oxygen atoms in total. The van der Waals surface area contributed by atoms with Gasteiger partial charge in [0, 0.05) is 12.5 Å². The molecule has 0 aliphatic rings. The summed E-state index contributed by atoms with van der Waals surface area (Å²) >= 11 is 0. The molecule has 0 spiro atoms. The summed E-state index contributed by atoms with van der Waals surface area (Å²) in [4.78, 5) is 12.0. The van der Waals surface area contributed by atoms with E-state index in [1.165, 1.54) is 0 Å². The number of alkyl halides is 3. The van der Waals surface area contributed by atoms with Crippen molar-refractivity contribution in [1.29, 1.82) is 0 Å². The molecule has 0 aromatic heterocycles. The number of carbonyl (C=O) groups is 1. The van der Waals surface area contributed by atoms with Crippen LogP contribution in [0.1, 0.15) is 46.1 Å². The number of phenolic OH excluding ortho intramolecular Hbond substituents is 1. The summed E-state index contributed by atoms with van der Waals surface area (Å²) in [6.07, 6.45) is -2.11. The highest BCUT2D eigenvalue weighted by molar-refractivity contribution is 5.98. The Bertz CT molecular complexity index is 802. The molecule has 2 rings (SSSR count). The molecule has 0 aliphatic carbocycles. The highest BCUT2D eigenvalue weighted by Gasteiger charge is 2.15. The van der Waals surface area contributed by atoms with Crippen LogP contribution >= 0.6 is 0 Å². The third-order valence-electron chi connectivity index (χ3n) is 3.86. The molecule has 6 heteroatoms. The number of fused-ring (bicyclic) bond motifs is 1. The van der Waals surface area contributed by atoms with Crippen molar-refractivity contribution in [3.05, 3.63) is 47.5 Å². The summed E-state index contributed by atoms with van der Waals surface area (Å²) in [5.41, 5.74) is 2.54. The number of phenols is 1. The minimum Gasteiger partial charge on any atom is -0.508 e. The van der Waals surface area contributed by atoms with Gasteiger partial charge in [0.25, 0.3) is 0 Å². The maximum absolute atomic E-state index is 12.0. The molecule has 2 aromatic carbocycles. The average molecular weight is 382 g/mol. The molecular weight excluding hydrogens is 357 g/mol. The predicted molar refractivity (Wildman–Crippen MR) is 101 cm³/mol. The van der Waals surface area contributed by atoms with Crippen LogP contribution in [0.4, 0.5) is 13.2 Å². The molecule has 0 saturated heterocycles. The smallest absolute Gasteiger partial charge is 0.386 e. The molecule has 1 N–H and O–H groups in total. The zero-order chi connectivity index (χ0) is 20.6. The van der Waals surface area contributed by atoms with Gasteiger partial charge in [0.1, 0.15) is 5.75 Å². The van der Waals surface area contributed by atoms with E-state index < -0.39 is 6.18 Å². The van der Waals surface area contributed by atoms with Gasteiger partial charge in [-0.15, -0.1) is 0 Å². The first kappa shape index (κ1) is 22.5. The lowest BCUT2D eigenvalue weighted by molar-refractivity contribution is -0.139. The molecular formula is C21H25F3O3. The van der Waals surface area contributed by atoms with E-state index in [1.807, 2.05) is 31.2 Å². The van der Waals surface area contributed by atoms with E-state index in [9.17, 15) is 23.1 Å². The van der Waals surface area contributed by atoms with Crippen molar-refractivity contribution in [3.63, 3.8) is 0 Å². The molecule has 0 saturated carbocycles. The van der Waals surface area contributed by atoms with E-state index in [2.05, 4.69) is 6.92 Å². The number of benzene rings is 2. The highest BCUT2D eigenvalue weighted by Crippen LogP contribution is 2.26. The SMILES string of the molecule is CC(F)(F)F.CCCCOC(=O)/C(C)=C(\C)c1ccc2cc(O)ccc2c1. The van der Waals surface area contributed by atoms with Crippen LogP contribution in [0.25, 0.3) is 16.3 Å². The number of esters is 1. The molecule has 2 aromatic rings. The standard InChI is InChI=1S/C19H22O3.C2H3F3/c1-4-5-10-22-19(21)14(3)13(2)15-6-7-17-12-18(20)9-8-16(17)11-15;1-2(3,4)5/h6-9,11-12,20H,4-5,10H2,1-3H3;1H3/b14-13+;. The fraction of sp³-hybridized carbons (Fsp3) is 0.381. The van der Waals surface area contributed by atoms with Crippen molar-refractivity contribution in [2.75, 3.05) is 6.61 Å². The third-order valence-corrected chi connectivity index (χ3v) is 3.86. The van der Waals surface area contributed by atoms with E-state index in [4.69, 9.17) is 4.74 Å².